The van der Waals surface area contributed by atoms with Crippen LogP contribution in [0.1, 0.15) is 25.9 Å². The number of nitrogens with zero attached hydrogens (tertiary/aromatic N) is 2. The van der Waals surface area contributed by atoms with E-state index in [2.05, 4.69) is 25.6 Å². The molecular weight excluding hydrogens is 389 g/mol. The first kappa shape index (κ1) is 18.0. The molecule has 1 fully saturated rings. The number of carbonyl (C=O) groups excluding carboxylic acids is 2. The summed E-state index contributed by atoms with van der Waals surface area (Å²) >= 11 is 13.3. The summed E-state index contributed by atoms with van der Waals surface area (Å²) in [7, 11) is 1.37. The van der Waals surface area contributed by atoms with Crippen LogP contribution in [0.4, 0.5) is 5.13 Å². The fourth-order valence-corrected chi connectivity index (χ4v) is 3.61. The number of hydroxylamine groups is 1. The minimum Gasteiger partial charge on any atom is -0.352 e. The molecule has 0 spiro atoms. The molecule has 2 aromatic rings. The molecule has 1 aliphatic rings. The molecule has 134 valence electrons. The Morgan fingerprint density at radius 1 is 1.36 bits per heavy atom. The van der Waals surface area contributed by atoms with Gasteiger partial charge in [0.25, 0.3) is 11.8 Å². The zero-order valence-electron chi connectivity index (χ0n) is 13.4. The van der Waals surface area contributed by atoms with Crippen molar-refractivity contribution >= 4 is 51.5 Å². The van der Waals surface area contributed by atoms with Gasteiger partial charge < -0.3 is 15.2 Å². The van der Waals surface area contributed by atoms with E-state index >= 15 is 0 Å². The Bertz CT molecular complexity index is 815. The first-order valence-electron chi connectivity index (χ1n) is 7.29. The van der Waals surface area contributed by atoms with Crippen molar-refractivity contribution in [3.63, 3.8) is 0 Å². The second kappa shape index (κ2) is 7.20. The van der Waals surface area contributed by atoms with E-state index in [0.717, 1.165) is 0 Å². The maximum absolute atomic E-state index is 12.3. The fraction of sp³-hybridized carbons (Fsp3) is 0.357. The fourth-order valence-electron chi connectivity index (χ4n) is 2.37. The third-order valence-corrected chi connectivity index (χ3v) is 5.68. The number of nitrogens with one attached hydrogen (secondary N) is 3. The van der Waals surface area contributed by atoms with Crippen molar-refractivity contribution in [1.82, 2.24) is 20.8 Å². The monoisotopic (exact) mass is 403 g/mol. The highest BCUT2D eigenvalue weighted by Crippen LogP contribution is 2.30. The van der Waals surface area contributed by atoms with Crippen LogP contribution in [0.3, 0.4) is 0 Å². The van der Waals surface area contributed by atoms with Crippen LogP contribution in [0.5, 0.6) is 0 Å². The minimum atomic E-state index is -0.342. The predicted octanol–water partition coefficient (Wildman–Crippen LogP) is 2.00. The van der Waals surface area contributed by atoms with Crippen molar-refractivity contribution < 1.29 is 14.4 Å². The molecule has 0 bridgehead atoms. The van der Waals surface area contributed by atoms with Gasteiger partial charge in [-0.3, -0.25) is 14.4 Å². The van der Waals surface area contributed by atoms with Gasteiger partial charge in [-0.2, -0.15) is 0 Å². The highest BCUT2D eigenvalue weighted by atomic mass is 35.5. The maximum Gasteiger partial charge on any atom is 0.286 e. The molecule has 25 heavy (non-hydrogen) atoms. The standard InChI is InChI=1S/C14H15Cl2N5O3S/c1-6-9(15)10(16)11(18-6)13(23)19-7-4-21(5-7)14-17-3-8(25-14)12(22)20-24-2/h3,7,18H,4-5H2,1-2H3,(H,19,23)(H,20,22). The summed E-state index contributed by atoms with van der Waals surface area (Å²) in [6.45, 7) is 2.93. The predicted molar refractivity (Wildman–Crippen MR) is 95.6 cm³/mol. The Labute approximate surface area is 157 Å². The van der Waals surface area contributed by atoms with Crippen molar-refractivity contribution in [2.45, 2.75) is 13.0 Å². The van der Waals surface area contributed by atoms with Gasteiger partial charge in [-0.05, 0) is 6.92 Å². The van der Waals surface area contributed by atoms with Crippen molar-refractivity contribution in [3.05, 3.63) is 32.5 Å². The molecule has 2 amide bonds. The Balaban J connectivity index is 1.55. The summed E-state index contributed by atoms with van der Waals surface area (Å²) in [4.78, 5) is 38.0. The van der Waals surface area contributed by atoms with E-state index in [0.29, 0.717) is 33.8 Å². The molecule has 11 heteroatoms. The number of anilines is 1. The van der Waals surface area contributed by atoms with Crippen LogP contribution in [0.15, 0.2) is 6.20 Å². The molecule has 1 saturated heterocycles. The van der Waals surface area contributed by atoms with Gasteiger partial charge in [-0.1, -0.05) is 34.5 Å². The average molecular weight is 404 g/mol. The van der Waals surface area contributed by atoms with E-state index in [9.17, 15) is 9.59 Å². The normalized spacial score (nSPS) is 14.3. The number of halogens is 2. The lowest BCUT2D eigenvalue weighted by atomic mass is 10.1. The highest BCUT2D eigenvalue weighted by Gasteiger charge is 2.31. The Kier molecular flexibility index (Phi) is 5.19. The number of H-pyrrole nitrogens is 1. The van der Waals surface area contributed by atoms with Crippen LogP contribution in [0, 0.1) is 6.92 Å². The Morgan fingerprint density at radius 3 is 2.68 bits per heavy atom. The second-order valence-corrected chi connectivity index (χ2v) is 7.24. The number of aromatic nitrogens is 2. The van der Waals surface area contributed by atoms with E-state index in [-0.39, 0.29) is 28.6 Å². The third-order valence-electron chi connectivity index (χ3n) is 3.68. The molecule has 1 aliphatic heterocycles. The van der Waals surface area contributed by atoms with Gasteiger partial charge in [0, 0.05) is 18.8 Å². The smallest absolute Gasteiger partial charge is 0.286 e. The zero-order valence-corrected chi connectivity index (χ0v) is 15.7. The molecule has 2 aromatic heterocycles. The summed E-state index contributed by atoms with van der Waals surface area (Å²) < 4.78 is 0. The number of hydrogen-bond donors (Lipinski definition) is 3. The minimum absolute atomic E-state index is 0.0360. The second-order valence-electron chi connectivity index (χ2n) is 5.47. The average Bonchev–Trinajstić information content (AvgIpc) is 3.12. The molecular formula is C14H15Cl2N5O3S. The van der Waals surface area contributed by atoms with Gasteiger partial charge in [-0.15, -0.1) is 0 Å². The summed E-state index contributed by atoms with van der Waals surface area (Å²) in [6.07, 6.45) is 1.49. The van der Waals surface area contributed by atoms with Crippen LogP contribution in [0.2, 0.25) is 10.0 Å². The summed E-state index contributed by atoms with van der Waals surface area (Å²) in [6, 6.07) is -0.0360. The van der Waals surface area contributed by atoms with Crippen molar-refractivity contribution in [2.24, 2.45) is 0 Å². The van der Waals surface area contributed by atoms with Gasteiger partial charge in [0.2, 0.25) is 0 Å². The van der Waals surface area contributed by atoms with Gasteiger partial charge in [0.15, 0.2) is 5.13 Å². The van der Waals surface area contributed by atoms with E-state index < -0.39 is 0 Å². The van der Waals surface area contributed by atoms with Crippen LogP contribution in [-0.4, -0.2) is 48.0 Å². The molecule has 0 aromatic carbocycles. The number of aryl methyl sites for hydroxylation is 1. The van der Waals surface area contributed by atoms with Gasteiger partial charge in [-0.25, -0.2) is 10.5 Å². The molecule has 0 atom stereocenters. The summed E-state index contributed by atoms with van der Waals surface area (Å²) in [5.74, 6) is -0.644. The third kappa shape index (κ3) is 3.59. The van der Waals surface area contributed by atoms with Gasteiger partial charge in [0.05, 0.1) is 29.4 Å². The molecule has 8 nitrogen and oxygen atoms in total. The molecule has 0 radical (unpaired) electrons. The van der Waals surface area contributed by atoms with Crippen LogP contribution < -0.4 is 15.7 Å². The molecule has 3 heterocycles. The summed E-state index contributed by atoms with van der Waals surface area (Å²) in [5.41, 5.74) is 3.15. The SMILES string of the molecule is CONC(=O)c1cnc(N2CC(NC(=O)c3[nH]c(C)c(Cl)c3Cl)C2)s1. The van der Waals surface area contributed by atoms with Crippen LogP contribution in [-0.2, 0) is 4.84 Å². The number of aromatic amines is 1. The number of carbonyl (C=O) groups is 2. The maximum atomic E-state index is 12.3. The van der Waals surface area contributed by atoms with E-state index in [1.165, 1.54) is 24.6 Å². The Hall–Kier alpha value is -1.81. The Morgan fingerprint density at radius 2 is 2.08 bits per heavy atom. The largest absolute Gasteiger partial charge is 0.352 e. The first-order valence-corrected chi connectivity index (χ1v) is 8.86. The van der Waals surface area contributed by atoms with Gasteiger partial charge >= 0.3 is 0 Å². The van der Waals surface area contributed by atoms with Crippen LogP contribution >= 0.6 is 34.5 Å². The lowest BCUT2D eigenvalue weighted by Crippen LogP contribution is -2.59. The molecule has 0 saturated carbocycles. The summed E-state index contributed by atoms with van der Waals surface area (Å²) in [5, 5.41) is 4.17. The molecule has 3 rings (SSSR count). The quantitative estimate of drug-likeness (QED) is 0.662. The number of hydrogen-bond acceptors (Lipinski definition) is 6. The van der Waals surface area contributed by atoms with Crippen molar-refractivity contribution in [3.8, 4) is 0 Å². The topological polar surface area (TPSA) is 99.3 Å². The highest BCUT2D eigenvalue weighted by molar-refractivity contribution is 7.17. The van der Waals surface area contributed by atoms with Gasteiger partial charge in [0.1, 0.15) is 10.6 Å². The van der Waals surface area contributed by atoms with Crippen LogP contribution in [0.25, 0.3) is 0 Å². The van der Waals surface area contributed by atoms with Crippen molar-refractivity contribution in [2.75, 3.05) is 25.1 Å². The molecule has 3 N–H and O–H groups in total. The van der Waals surface area contributed by atoms with E-state index in [1.54, 1.807) is 6.92 Å². The lowest BCUT2D eigenvalue weighted by molar-refractivity contribution is 0.0541. The number of rotatable bonds is 5. The number of thiazole rings is 1. The zero-order chi connectivity index (χ0) is 18.1. The number of amides is 2. The van der Waals surface area contributed by atoms with E-state index in [1.807, 2.05) is 4.90 Å². The first-order chi connectivity index (χ1) is 11.9. The lowest BCUT2D eigenvalue weighted by Gasteiger charge is -2.39. The van der Waals surface area contributed by atoms with Crippen molar-refractivity contribution in [1.29, 1.82) is 0 Å². The molecule has 0 unspecified atom stereocenters. The van der Waals surface area contributed by atoms with E-state index in [4.69, 9.17) is 23.2 Å². The molecule has 0 aliphatic carbocycles.